The number of nitrogens with two attached hydrogens (primary N) is 1. The molecule has 0 aromatic carbocycles. The molecule has 0 saturated carbocycles. The molecule has 0 aromatic rings. The molecule has 0 aromatic heterocycles. The minimum Gasteiger partial charge on any atom is -1.00 e. The lowest BCUT2D eigenvalue weighted by Crippen LogP contribution is -3.00. The van der Waals surface area contributed by atoms with E-state index in [4.69, 9.17) is 0 Å². The van der Waals surface area contributed by atoms with Crippen molar-refractivity contribution < 1.29 is 22.3 Å². The molecule has 2 N–H and O–H groups in total. The molecule has 0 bridgehead atoms. The molecule has 0 aliphatic heterocycles. The molecule has 0 fully saturated rings. The van der Waals surface area contributed by atoms with Crippen LogP contribution < -0.4 is 22.3 Å². The fourth-order valence-corrected chi connectivity index (χ4v) is 9.35. The second kappa shape index (κ2) is 59.5. The van der Waals surface area contributed by atoms with E-state index in [9.17, 15) is 0 Å². The number of hydrogen-bond donors (Lipinski definition) is 1. The Balaban J connectivity index is 0. The maximum absolute atomic E-state index is 2.61. The largest absolute Gasteiger partial charge is 1.00 e. The first kappa shape index (κ1) is 60.5. The van der Waals surface area contributed by atoms with Crippen LogP contribution in [0, 0.1) is 0 Å². The van der Waals surface area contributed by atoms with Crippen LogP contribution in [0.3, 0.4) is 0 Å². The summed E-state index contributed by atoms with van der Waals surface area (Å²) >= 11 is 0. The molecule has 0 aliphatic carbocycles. The van der Waals surface area contributed by atoms with Crippen LogP contribution in [0.4, 0.5) is 0 Å². The molecule has 0 unspecified atom stereocenters. The van der Waals surface area contributed by atoms with Crippen LogP contribution in [0.1, 0.15) is 348 Å². The lowest BCUT2D eigenvalue weighted by atomic mass is 10.0. The Morgan fingerprint density at radius 2 is 0.259 bits per heavy atom. The van der Waals surface area contributed by atoms with Gasteiger partial charge in [0.15, 0.2) is 0 Å². The van der Waals surface area contributed by atoms with Gasteiger partial charge in [0.2, 0.25) is 0 Å². The topological polar surface area (TPSA) is 16.6 Å². The molecule has 58 heavy (non-hydrogen) atoms. The molecule has 0 saturated heterocycles. The molecule has 0 aliphatic rings. The Kier molecular flexibility index (Phi) is 62.1. The van der Waals surface area contributed by atoms with Gasteiger partial charge >= 0.3 is 0 Å². The smallest absolute Gasteiger partial charge is 0.0755 e. The molecule has 0 radical (unpaired) electrons. The molecule has 1 nitrogen and oxygen atoms in total. The number of halogens is 1. The maximum Gasteiger partial charge on any atom is 0.0755 e. The van der Waals surface area contributed by atoms with E-state index >= 15 is 0 Å². The van der Waals surface area contributed by atoms with E-state index in [0.717, 1.165) is 0 Å². The summed E-state index contributed by atoms with van der Waals surface area (Å²) < 4.78 is 0. The highest BCUT2D eigenvalue weighted by molar-refractivity contribution is 4.54. The van der Waals surface area contributed by atoms with Gasteiger partial charge in [0.05, 0.1) is 13.1 Å². The van der Waals surface area contributed by atoms with Crippen molar-refractivity contribution in [3.8, 4) is 0 Å². The molecular weight excluding hydrogens is 767 g/mol. The van der Waals surface area contributed by atoms with Crippen LogP contribution >= 0.6 is 0 Å². The Bertz CT molecular complexity index is 597. The highest BCUT2D eigenvalue weighted by Gasteiger charge is 2.00. The van der Waals surface area contributed by atoms with E-state index in [2.05, 4.69) is 19.2 Å². The standard InChI is InChI=1S/C56H115N.BrH/c1-3-5-7-9-11-13-15-17-19-21-23-25-27-29-31-33-35-37-39-41-43-45-47-49-51-53-55-57-56-54-52-50-48-46-44-42-40-38-36-34-32-30-28-26-24-22-20-18-16-14-12-10-8-6-4-2;/h57H,3-56H2,1-2H3;1H. The van der Waals surface area contributed by atoms with Crippen molar-refractivity contribution in [3.63, 3.8) is 0 Å². The fraction of sp³-hybridized carbons (Fsp3) is 1.00. The van der Waals surface area contributed by atoms with Gasteiger partial charge in [0.25, 0.3) is 0 Å². The summed E-state index contributed by atoms with van der Waals surface area (Å²) in [6, 6.07) is 0. The Hall–Kier alpha value is 0.440. The first-order chi connectivity index (χ1) is 28.4. The summed E-state index contributed by atoms with van der Waals surface area (Å²) in [4.78, 5) is 0. The van der Waals surface area contributed by atoms with Gasteiger partial charge in [-0.2, -0.15) is 0 Å². The molecule has 2 heteroatoms. The average Bonchev–Trinajstić information content (AvgIpc) is 3.22. The lowest BCUT2D eigenvalue weighted by molar-refractivity contribution is -0.655. The first-order valence-electron chi connectivity index (χ1n) is 28.2. The van der Waals surface area contributed by atoms with Crippen molar-refractivity contribution in [1.82, 2.24) is 0 Å². The van der Waals surface area contributed by atoms with E-state index in [1.165, 1.54) is 347 Å². The predicted molar refractivity (Wildman–Crippen MR) is 263 cm³/mol. The number of rotatable bonds is 54. The summed E-state index contributed by atoms with van der Waals surface area (Å²) in [5.74, 6) is 0. The summed E-state index contributed by atoms with van der Waals surface area (Å²) in [5, 5.41) is 2.61. The molecule has 352 valence electrons. The zero-order valence-electron chi connectivity index (χ0n) is 41.1. The van der Waals surface area contributed by atoms with Crippen molar-refractivity contribution in [2.75, 3.05) is 13.1 Å². The third-order valence-electron chi connectivity index (χ3n) is 13.5. The van der Waals surface area contributed by atoms with Crippen molar-refractivity contribution in [2.45, 2.75) is 348 Å². The van der Waals surface area contributed by atoms with E-state index in [1.54, 1.807) is 0 Å². The minimum atomic E-state index is 0. The molecule has 0 amide bonds. The third kappa shape index (κ3) is 58.5. The maximum atomic E-state index is 2.61. The van der Waals surface area contributed by atoms with Gasteiger partial charge < -0.3 is 22.3 Å². The second-order valence-electron chi connectivity index (χ2n) is 19.5. The summed E-state index contributed by atoms with van der Waals surface area (Å²) in [6.45, 7) is 7.37. The van der Waals surface area contributed by atoms with Gasteiger partial charge in [0, 0.05) is 0 Å². The third-order valence-corrected chi connectivity index (χ3v) is 13.5. The van der Waals surface area contributed by atoms with Gasteiger partial charge in [0.1, 0.15) is 0 Å². The van der Waals surface area contributed by atoms with Crippen LogP contribution in [0.2, 0.25) is 0 Å². The summed E-state index contributed by atoms with van der Waals surface area (Å²) in [6.07, 6.45) is 77.0. The zero-order chi connectivity index (χ0) is 40.9. The Labute approximate surface area is 381 Å². The second-order valence-corrected chi connectivity index (χ2v) is 19.5. The average molecular weight is 883 g/mol. The number of quaternary nitrogens is 1. The van der Waals surface area contributed by atoms with Crippen molar-refractivity contribution in [1.29, 1.82) is 0 Å². The lowest BCUT2D eigenvalue weighted by Gasteiger charge is -2.05. The van der Waals surface area contributed by atoms with Crippen LogP contribution in [0.15, 0.2) is 0 Å². The van der Waals surface area contributed by atoms with Gasteiger partial charge in [-0.15, -0.1) is 0 Å². The van der Waals surface area contributed by atoms with Gasteiger partial charge in [-0.1, -0.05) is 322 Å². The summed E-state index contributed by atoms with van der Waals surface area (Å²) in [7, 11) is 0. The highest BCUT2D eigenvalue weighted by Crippen LogP contribution is 2.18. The van der Waals surface area contributed by atoms with E-state index < -0.39 is 0 Å². The molecule has 0 spiro atoms. The van der Waals surface area contributed by atoms with E-state index in [1.807, 2.05) is 0 Å². The molecule has 0 rings (SSSR count). The quantitative estimate of drug-likeness (QED) is 0.0586. The number of hydrogen-bond acceptors (Lipinski definition) is 0. The van der Waals surface area contributed by atoms with Crippen molar-refractivity contribution >= 4 is 0 Å². The van der Waals surface area contributed by atoms with Crippen LogP contribution in [-0.2, 0) is 0 Å². The highest BCUT2D eigenvalue weighted by atomic mass is 79.9. The zero-order valence-corrected chi connectivity index (χ0v) is 42.7. The van der Waals surface area contributed by atoms with E-state index in [0.29, 0.717) is 0 Å². The van der Waals surface area contributed by atoms with Gasteiger partial charge in [-0.3, -0.25) is 0 Å². The molecule has 0 heterocycles. The molecule has 0 atom stereocenters. The van der Waals surface area contributed by atoms with Crippen molar-refractivity contribution in [3.05, 3.63) is 0 Å². The van der Waals surface area contributed by atoms with Crippen molar-refractivity contribution in [2.24, 2.45) is 0 Å². The Morgan fingerprint density at radius 1 is 0.155 bits per heavy atom. The SMILES string of the molecule is CCCCCCCCCCCCCCCCCCCCCCCCCCCC[NH2+]CCCCCCCCCCCCCCCCCCCCCCCCCCCC.[Br-]. The Morgan fingerprint density at radius 3 is 0.379 bits per heavy atom. The number of unbranched alkanes of at least 4 members (excludes halogenated alkanes) is 50. The monoisotopic (exact) mass is 882 g/mol. The first-order valence-corrected chi connectivity index (χ1v) is 28.2. The van der Waals surface area contributed by atoms with E-state index in [-0.39, 0.29) is 17.0 Å². The molecular formula is C56H116BrN. The van der Waals surface area contributed by atoms with Crippen LogP contribution in [0.25, 0.3) is 0 Å². The van der Waals surface area contributed by atoms with Crippen LogP contribution in [0.5, 0.6) is 0 Å². The minimum absolute atomic E-state index is 0. The normalized spacial score (nSPS) is 11.5. The van der Waals surface area contributed by atoms with Crippen LogP contribution in [-0.4, -0.2) is 13.1 Å². The predicted octanol–water partition coefficient (Wildman–Crippen LogP) is 16.9. The van der Waals surface area contributed by atoms with Gasteiger partial charge in [-0.25, -0.2) is 0 Å². The fourth-order valence-electron chi connectivity index (χ4n) is 9.35. The summed E-state index contributed by atoms with van der Waals surface area (Å²) in [5.41, 5.74) is 0. The van der Waals surface area contributed by atoms with Gasteiger partial charge in [-0.05, 0) is 25.7 Å².